The lowest BCUT2D eigenvalue weighted by Gasteiger charge is -2.47. The van der Waals surface area contributed by atoms with E-state index in [0.717, 1.165) is 36.1 Å². The Bertz CT molecular complexity index is 3270. The number of aliphatic carboxylic acids is 2. The number of carboxylic acid groups (broad SMARTS) is 2. The molecule has 5 aromatic rings. The Kier molecular flexibility index (Phi) is 26.8. The number of unbranched alkanes of at least 4 members (excludes halogenated alkanes) is 4. The normalized spacial score (nSPS) is 21.9. The van der Waals surface area contributed by atoms with Crippen LogP contribution in [0.4, 0.5) is 0 Å². The molecule has 7 rings (SSSR count). The van der Waals surface area contributed by atoms with Gasteiger partial charge in [-0.25, -0.2) is 9.59 Å². The van der Waals surface area contributed by atoms with Gasteiger partial charge in [0.2, 0.25) is 35.1 Å². The summed E-state index contributed by atoms with van der Waals surface area (Å²) in [7, 11) is 0. The minimum absolute atomic E-state index is 0.177. The summed E-state index contributed by atoms with van der Waals surface area (Å²) in [6.07, 6.45) is -14.7. The number of carbonyl (C=O) groups excluding carboxylic acids is 8. The van der Waals surface area contributed by atoms with Gasteiger partial charge < -0.3 is 92.9 Å². The van der Waals surface area contributed by atoms with Crippen LogP contribution in [0.15, 0.2) is 133 Å². The van der Waals surface area contributed by atoms with Gasteiger partial charge >= 0.3 is 11.9 Å². The highest BCUT2D eigenvalue weighted by Crippen LogP contribution is 2.33. The van der Waals surface area contributed by atoms with Crippen molar-refractivity contribution in [3.05, 3.63) is 156 Å². The Labute approximate surface area is 552 Å². The number of amides is 8. The average Bonchev–Trinajstić information content (AvgIpc) is 0.775. The number of nitrogens with one attached hydrogen (secondary N) is 8. The van der Waals surface area contributed by atoms with Crippen LogP contribution in [-0.2, 0) is 38.2 Å². The zero-order valence-corrected chi connectivity index (χ0v) is 52.9. The van der Waals surface area contributed by atoms with E-state index in [2.05, 4.69) is 42.5 Å². The van der Waals surface area contributed by atoms with Crippen molar-refractivity contribution in [2.75, 3.05) is 26.2 Å². The van der Waals surface area contributed by atoms with Gasteiger partial charge in [0.15, 0.2) is 0 Å². The number of hydrogen-bond acceptors (Lipinski definition) is 18. The third-order valence-electron chi connectivity index (χ3n) is 16.4. The maximum absolute atomic E-state index is 13.2. The van der Waals surface area contributed by atoms with Crippen molar-refractivity contribution in [1.29, 1.82) is 0 Å². The standard InChI is InChI=1S/C68H82N8O20/c1-39(77)73-55-49(79)35-67(65(91)92,95-59(55)57(85)51(81)37-71-63(89)47-25-21-43(22-26-47)41-15-7-3-8-16-41)75-53(83)19-11-5-13-33-69-61(87)45-29-31-46(32-30-45)62(88)70-34-14-6-12-20-54(84)76-68(66(93)94)36-50(80)56(74-40(2)78)60(96-68)58(86)52(82)38-72-64(90)48-27-23-44(24-28-48)42-17-9-4-10-18-42/h3-4,7-10,15-18,21-32,49-52,55-60,79-82,85-86H,5-6,11-14,19-20,33-38H2,1-2H3,(H,69,87)(H,70,88)(H,71,89)(H,72,90)(H,73,77)(H,74,78)(H,75,83)(H,76,84)(H,91,92)(H,93,94)/t49-,50-,51+,52+,55+,56+,57?,58?,59+,60+,67+,68+/m0/s1. The number of aliphatic hydroxyl groups excluding tert-OH is 6. The Morgan fingerprint density at radius 3 is 1.04 bits per heavy atom. The lowest BCUT2D eigenvalue weighted by molar-refractivity contribution is -0.235. The highest BCUT2D eigenvalue weighted by atomic mass is 16.6. The Morgan fingerprint density at radius 1 is 0.427 bits per heavy atom. The summed E-state index contributed by atoms with van der Waals surface area (Å²) in [5.74, 6) is -8.59. The van der Waals surface area contributed by atoms with Gasteiger partial charge in [-0.05, 0) is 96.5 Å². The topological polar surface area (TPSA) is 447 Å². The van der Waals surface area contributed by atoms with Gasteiger partial charge in [-0.15, -0.1) is 0 Å². The van der Waals surface area contributed by atoms with E-state index in [1.165, 1.54) is 24.3 Å². The predicted molar refractivity (Wildman–Crippen MR) is 344 cm³/mol. The summed E-state index contributed by atoms with van der Waals surface area (Å²) < 4.78 is 11.6. The van der Waals surface area contributed by atoms with Crippen LogP contribution in [-0.4, -0.2) is 199 Å². The van der Waals surface area contributed by atoms with Gasteiger partial charge in [0.25, 0.3) is 23.6 Å². The van der Waals surface area contributed by atoms with E-state index in [1.807, 2.05) is 60.7 Å². The van der Waals surface area contributed by atoms with Crippen LogP contribution < -0.4 is 42.5 Å². The average molecular weight is 1330 g/mol. The fourth-order valence-corrected chi connectivity index (χ4v) is 11.2. The third kappa shape index (κ3) is 20.3. The largest absolute Gasteiger partial charge is 0.478 e. The van der Waals surface area contributed by atoms with Crippen molar-refractivity contribution < 1.29 is 98.3 Å². The first-order valence-electron chi connectivity index (χ1n) is 31.4. The van der Waals surface area contributed by atoms with E-state index in [1.54, 1.807) is 48.5 Å². The van der Waals surface area contributed by atoms with Crippen molar-refractivity contribution >= 4 is 59.2 Å². The molecule has 0 aliphatic carbocycles. The Balaban J connectivity index is 0.793. The van der Waals surface area contributed by atoms with Gasteiger partial charge in [0.05, 0.1) is 36.5 Å². The minimum Gasteiger partial charge on any atom is -0.478 e. The molecule has 8 amide bonds. The number of carbonyl (C=O) groups is 10. The number of rotatable bonds is 32. The fraction of sp³-hybridized carbons (Fsp3) is 0.412. The molecule has 96 heavy (non-hydrogen) atoms. The van der Waals surface area contributed by atoms with Gasteiger partial charge in [-0.1, -0.05) is 97.8 Å². The molecule has 2 aliphatic heterocycles. The quantitative estimate of drug-likeness (QED) is 0.0267. The van der Waals surface area contributed by atoms with Gasteiger partial charge in [0.1, 0.15) is 24.4 Å². The first-order chi connectivity index (χ1) is 45.8. The molecule has 5 aromatic carbocycles. The molecule has 0 aromatic heterocycles. The zero-order valence-electron chi connectivity index (χ0n) is 52.9. The zero-order chi connectivity index (χ0) is 69.7. The summed E-state index contributed by atoms with van der Waals surface area (Å²) >= 11 is 0. The van der Waals surface area contributed by atoms with Crippen LogP contribution in [0, 0.1) is 0 Å². The molecule has 2 fully saturated rings. The molecule has 0 spiro atoms. The van der Waals surface area contributed by atoms with E-state index in [4.69, 9.17) is 9.47 Å². The van der Waals surface area contributed by atoms with Crippen LogP contribution in [0.2, 0.25) is 0 Å². The molecular weight excluding hydrogens is 1250 g/mol. The molecule has 0 saturated carbocycles. The molecule has 2 unspecified atom stereocenters. The lowest BCUT2D eigenvalue weighted by atomic mass is 9.87. The van der Waals surface area contributed by atoms with E-state index >= 15 is 0 Å². The number of carboxylic acids is 2. The van der Waals surface area contributed by atoms with Crippen LogP contribution in [0.25, 0.3) is 22.3 Å². The first kappa shape index (κ1) is 73.9. The Hall–Kier alpha value is -9.52. The monoisotopic (exact) mass is 1330 g/mol. The van der Waals surface area contributed by atoms with Crippen LogP contribution in [0.5, 0.6) is 0 Å². The molecule has 0 bridgehead atoms. The molecule has 2 heterocycles. The fourth-order valence-electron chi connectivity index (χ4n) is 11.2. The van der Waals surface area contributed by atoms with Crippen molar-refractivity contribution in [3.63, 3.8) is 0 Å². The first-order valence-corrected chi connectivity index (χ1v) is 31.4. The second-order valence-electron chi connectivity index (χ2n) is 23.7. The number of ether oxygens (including phenoxy) is 2. The second kappa shape index (κ2) is 34.8. The maximum atomic E-state index is 13.2. The SMILES string of the molecule is CC(=O)N[C@@H]1[C@@H](O)C[C@](NC(=O)CCCCCNC(=O)c2ccc(C(=O)NCCCCCC(=O)N[C@]3(C(=O)O)C[C@H](O)[C@@H](NC(C)=O)[C@H](C(O)[C@H](O)CNC(=O)c4ccc(-c5ccccc5)cc4)O3)cc2)(C(=O)O)O[C@H]1C(O)[C@H](O)CNC(=O)c1ccc(-c2ccccc2)cc1. The lowest BCUT2D eigenvalue weighted by Crippen LogP contribution is -2.71. The minimum atomic E-state index is -2.62. The molecule has 2 saturated heterocycles. The van der Waals surface area contributed by atoms with Crippen LogP contribution >= 0.6 is 0 Å². The van der Waals surface area contributed by atoms with E-state index in [-0.39, 0.29) is 61.0 Å². The summed E-state index contributed by atoms with van der Waals surface area (Å²) in [6, 6.07) is 34.9. The summed E-state index contributed by atoms with van der Waals surface area (Å²) in [6.45, 7) is 1.45. The highest BCUT2D eigenvalue weighted by Gasteiger charge is 2.57. The van der Waals surface area contributed by atoms with Crippen LogP contribution in [0.1, 0.15) is 119 Å². The van der Waals surface area contributed by atoms with Crippen molar-refractivity contribution in [1.82, 2.24) is 42.5 Å². The molecule has 12 atom stereocenters. The molecule has 514 valence electrons. The smallest absolute Gasteiger partial charge is 0.357 e. The van der Waals surface area contributed by atoms with Crippen molar-refractivity contribution in [3.8, 4) is 22.3 Å². The maximum Gasteiger partial charge on any atom is 0.357 e. The van der Waals surface area contributed by atoms with Gasteiger partial charge in [-0.2, -0.15) is 0 Å². The van der Waals surface area contributed by atoms with Gasteiger partial charge in [0, 0.05) is 88.0 Å². The predicted octanol–water partition coefficient (Wildman–Crippen LogP) is 1.01. The number of aliphatic hydroxyl groups is 6. The Morgan fingerprint density at radius 2 is 0.729 bits per heavy atom. The molecule has 28 heteroatoms. The summed E-state index contributed by atoms with van der Waals surface area (Å²) in [4.78, 5) is 128. The second-order valence-corrected chi connectivity index (χ2v) is 23.7. The van der Waals surface area contributed by atoms with E-state index < -0.39 is 157 Å². The third-order valence-corrected chi connectivity index (χ3v) is 16.4. The molecule has 28 nitrogen and oxygen atoms in total. The molecule has 2 aliphatic rings. The molecular formula is C68H82N8O20. The molecule has 16 N–H and O–H groups in total. The van der Waals surface area contributed by atoms with E-state index in [0.29, 0.717) is 25.7 Å². The number of benzene rings is 5. The summed E-state index contributed by atoms with van der Waals surface area (Å²) in [5, 5.41) is 108. The summed E-state index contributed by atoms with van der Waals surface area (Å²) in [5.41, 5.74) is -0.735. The van der Waals surface area contributed by atoms with Crippen LogP contribution in [0.3, 0.4) is 0 Å². The number of hydrogen-bond donors (Lipinski definition) is 16. The molecule has 0 radical (unpaired) electrons. The van der Waals surface area contributed by atoms with Gasteiger partial charge in [-0.3, -0.25) is 38.4 Å². The van der Waals surface area contributed by atoms with Crippen molar-refractivity contribution in [2.24, 2.45) is 0 Å². The van der Waals surface area contributed by atoms with Crippen molar-refractivity contribution in [2.45, 2.75) is 150 Å². The van der Waals surface area contributed by atoms with E-state index in [9.17, 15) is 88.8 Å². The highest BCUT2D eigenvalue weighted by molar-refractivity contribution is 5.98.